The van der Waals surface area contributed by atoms with Crippen molar-refractivity contribution in [2.45, 2.75) is 44.0 Å². The number of hydrogen-bond acceptors (Lipinski definition) is 6. The Labute approximate surface area is 203 Å². The van der Waals surface area contributed by atoms with E-state index in [1.807, 2.05) is 42.7 Å². The third-order valence-electron chi connectivity index (χ3n) is 5.80. The summed E-state index contributed by atoms with van der Waals surface area (Å²) in [5.74, 6) is 0.430. The standard InChI is InChI=1S/C25H30FN5O2S/c1-16(2)21-10-5-7-17(3)22(21)27-23(32)18(4)34-25-29-28-24(30-11-13-33-14-12-30)31(25)20-9-6-8-19(26)15-20/h5-10,15-16,18H,11-14H2,1-4H3,(H,27,32). The van der Waals surface area contributed by atoms with Gasteiger partial charge in [0, 0.05) is 18.8 Å². The molecule has 1 aliphatic rings. The highest BCUT2D eigenvalue weighted by atomic mass is 32.2. The third kappa shape index (κ3) is 5.26. The van der Waals surface area contributed by atoms with Crippen LogP contribution >= 0.6 is 11.8 Å². The molecular formula is C25H30FN5O2S. The lowest BCUT2D eigenvalue weighted by atomic mass is 9.98. The van der Waals surface area contributed by atoms with Crippen LogP contribution in [-0.4, -0.2) is 52.2 Å². The molecule has 180 valence electrons. The number of thioether (sulfide) groups is 1. The zero-order valence-corrected chi connectivity index (χ0v) is 20.7. The Bertz CT molecular complexity index is 1160. The fourth-order valence-electron chi connectivity index (χ4n) is 3.93. The van der Waals surface area contributed by atoms with E-state index in [1.54, 1.807) is 6.07 Å². The van der Waals surface area contributed by atoms with Crippen molar-refractivity contribution < 1.29 is 13.9 Å². The summed E-state index contributed by atoms with van der Waals surface area (Å²) in [6, 6.07) is 12.4. The molecule has 0 radical (unpaired) electrons. The van der Waals surface area contributed by atoms with Crippen molar-refractivity contribution in [3.05, 3.63) is 59.4 Å². The number of morpholine rings is 1. The second kappa shape index (κ2) is 10.6. The van der Waals surface area contributed by atoms with E-state index in [9.17, 15) is 9.18 Å². The van der Waals surface area contributed by atoms with Crippen molar-refractivity contribution in [2.24, 2.45) is 0 Å². The van der Waals surface area contributed by atoms with Crippen LogP contribution in [0.15, 0.2) is 47.6 Å². The number of ether oxygens (including phenoxy) is 1. The first-order chi connectivity index (χ1) is 16.3. The molecule has 0 saturated carbocycles. The number of aryl methyl sites for hydroxylation is 1. The van der Waals surface area contributed by atoms with E-state index in [4.69, 9.17) is 4.74 Å². The molecule has 34 heavy (non-hydrogen) atoms. The van der Waals surface area contributed by atoms with Crippen molar-refractivity contribution in [1.29, 1.82) is 0 Å². The summed E-state index contributed by atoms with van der Waals surface area (Å²) in [5.41, 5.74) is 3.59. The smallest absolute Gasteiger partial charge is 0.237 e. The molecule has 1 unspecified atom stereocenters. The van der Waals surface area contributed by atoms with Crippen LogP contribution in [0.3, 0.4) is 0 Å². The number of carbonyl (C=O) groups excluding carboxylic acids is 1. The molecular weight excluding hydrogens is 453 g/mol. The molecule has 1 saturated heterocycles. The van der Waals surface area contributed by atoms with Crippen LogP contribution in [-0.2, 0) is 9.53 Å². The van der Waals surface area contributed by atoms with Gasteiger partial charge in [-0.05, 0) is 49.1 Å². The number of carbonyl (C=O) groups is 1. The van der Waals surface area contributed by atoms with Crippen molar-refractivity contribution in [2.75, 3.05) is 36.5 Å². The molecule has 1 amide bonds. The molecule has 2 aromatic carbocycles. The van der Waals surface area contributed by atoms with E-state index in [-0.39, 0.29) is 17.6 Å². The van der Waals surface area contributed by atoms with E-state index >= 15 is 0 Å². The summed E-state index contributed by atoms with van der Waals surface area (Å²) in [5, 5.41) is 12.0. The van der Waals surface area contributed by atoms with E-state index in [0.717, 1.165) is 16.8 Å². The Morgan fingerprint density at radius 2 is 1.85 bits per heavy atom. The molecule has 0 spiro atoms. The molecule has 1 atom stereocenters. The second-order valence-corrected chi connectivity index (χ2v) is 9.95. The maximum Gasteiger partial charge on any atom is 0.237 e. The van der Waals surface area contributed by atoms with Crippen LogP contribution < -0.4 is 10.2 Å². The van der Waals surface area contributed by atoms with Gasteiger partial charge < -0.3 is 15.0 Å². The van der Waals surface area contributed by atoms with Gasteiger partial charge in [0.2, 0.25) is 11.9 Å². The second-order valence-electron chi connectivity index (χ2n) is 8.64. The van der Waals surface area contributed by atoms with Crippen LogP contribution in [0.2, 0.25) is 0 Å². The van der Waals surface area contributed by atoms with Crippen LogP contribution in [0.5, 0.6) is 0 Å². The summed E-state index contributed by atoms with van der Waals surface area (Å²) in [4.78, 5) is 15.2. The number of amides is 1. The summed E-state index contributed by atoms with van der Waals surface area (Å²) in [7, 11) is 0. The molecule has 3 aromatic rings. The average molecular weight is 484 g/mol. The van der Waals surface area contributed by atoms with Crippen LogP contribution in [0.1, 0.15) is 37.8 Å². The van der Waals surface area contributed by atoms with Gasteiger partial charge in [0.05, 0.1) is 24.2 Å². The maximum absolute atomic E-state index is 14.1. The molecule has 4 rings (SSSR count). The zero-order valence-electron chi connectivity index (χ0n) is 19.9. The van der Waals surface area contributed by atoms with E-state index in [1.165, 1.54) is 23.9 Å². The first kappa shape index (κ1) is 24.2. The van der Waals surface area contributed by atoms with Gasteiger partial charge in [0.25, 0.3) is 0 Å². The Morgan fingerprint density at radius 1 is 1.12 bits per heavy atom. The first-order valence-electron chi connectivity index (χ1n) is 11.5. The minimum absolute atomic E-state index is 0.122. The Hall–Kier alpha value is -2.91. The zero-order chi connectivity index (χ0) is 24.2. The molecule has 1 fully saturated rings. The van der Waals surface area contributed by atoms with Gasteiger partial charge >= 0.3 is 0 Å². The maximum atomic E-state index is 14.1. The molecule has 0 aliphatic carbocycles. The molecule has 1 aromatic heterocycles. The summed E-state index contributed by atoms with van der Waals surface area (Å²) in [6.45, 7) is 10.6. The van der Waals surface area contributed by atoms with Gasteiger partial charge in [0.15, 0.2) is 5.16 Å². The Morgan fingerprint density at radius 3 is 2.56 bits per heavy atom. The van der Waals surface area contributed by atoms with Crippen LogP contribution in [0, 0.1) is 12.7 Å². The number of rotatable bonds is 7. The largest absolute Gasteiger partial charge is 0.378 e. The van der Waals surface area contributed by atoms with Gasteiger partial charge in [-0.3, -0.25) is 9.36 Å². The van der Waals surface area contributed by atoms with E-state index in [2.05, 4.69) is 34.3 Å². The van der Waals surface area contributed by atoms with Crippen LogP contribution in [0.25, 0.3) is 5.69 Å². The summed E-state index contributed by atoms with van der Waals surface area (Å²) in [6.07, 6.45) is 0. The quantitative estimate of drug-likeness (QED) is 0.487. The van der Waals surface area contributed by atoms with Gasteiger partial charge in [0.1, 0.15) is 5.82 Å². The van der Waals surface area contributed by atoms with E-state index in [0.29, 0.717) is 43.1 Å². The van der Waals surface area contributed by atoms with Gasteiger partial charge in [-0.1, -0.05) is 49.9 Å². The highest BCUT2D eigenvalue weighted by Gasteiger charge is 2.25. The lowest BCUT2D eigenvalue weighted by Gasteiger charge is -2.28. The number of para-hydroxylation sites is 1. The molecule has 2 heterocycles. The molecule has 1 N–H and O–H groups in total. The Balaban J connectivity index is 1.61. The van der Waals surface area contributed by atoms with Crippen molar-refractivity contribution >= 4 is 29.3 Å². The van der Waals surface area contributed by atoms with E-state index < -0.39 is 5.25 Å². The Kier molecular flexibility index (Phi) is 7.53. The van der Waals surface area contributed by atoms with Gasteiger partial charge in [-0.25, -0.2) is 4.39 Å². The third-order valence-corrected chi connectivity index (χ3v) is 6.85. The monoisotopic (exact) mass is 483 g/mol. The topological polar surface area (TPSA) is 72.3 Å². The number of nitrogens with zero attached hydrogens (tertiary/aromatic N) is 4. The van der Waals surface area contributed by atoms with Gasteiger partial charge in [-0.2, -0.15) is 0 Å². The molecule has 7 nitrogen and oxygen atoms in total. The SMILES string of the molecule is Cc1cccc(C(C)C)c1NC(=O)C(C)Sc1nnc(N2CCOCC2)n1-c1cccc(F)c1. The summed E-state index contributed by atoms with van der Waals surface area (Å²) >= 11 is 1.30. The number of benzene rings is 2. The lowest BCUT2D eigenvalue weighted by Crippen LogP contribution is -2.38. The first-order valence-corrected chi connectivity index (χ1v) is 12.3. The van der Waals surface area contributed by atoms with Crippen molar-refractivity contribution in [3.63, 3.8) is 0 Å². The minimum atomic E-state index is -0.450. The average Bonchev–Trinajstić information content (AvgIpc) is 3.24. The molecule has 0 bridgehead atoms. The predicted octanol–water partition coefficient (Wildman–Crippen LogP) is 4.79. The number of hydrogen-bond donors (Lipinski definition) is 1. The molecule has 9 heteroatoms. The fourth-order valence-corrected chi connectivity index (χ4v) is 4.79. The number of anilines is 2. The van der Waals surface area contributed by atoms with Crippen molar-refractivity contribution in [1.82, 2.24) is 14.8 Å². The number of nitrogens with one attached hydrogen (secondary N) is 1. The van der Waals surface area contributed by atoms with Crippen molar-refractivity contribution in [3.8, 4) is 5.69 Å². The van der Waals surface area contributed by atoms with Crippen LogP contribution in [0.4, 0.5) is 16.0 Å². The lowest BCUT2D eigenvalue weighted by molar-refractivity contribution is -0.115. The highest BCUT2D eigenvalue weighted by molar-refractivity contribution is 8.00. The highest BCUT2D eigenvalue weighted by Crippen LogP contribution is 2.32. The normalized spacial score (nSPS) is 14.9. The summed E-state index contributed by atoms with van der Waals surface area (Å²) < 4.78 is 21.4. The van der Waals surface area contributed by atoms with Gasteiger partial charge in [-0.15, -0.1) is 10.2 Å². The fraction of sp³-hybridized carbons (Fsp3) is 0.400. The minimum Gasteiger partial charge on any atom is -0.378 e. The number of aromatic nitrogens is 3. The number of halogens is 1. The predicted molar refractivity (Wildman–Crippen MR) is 134 cm³/mol. The molecule has 1 aliphatic heterocycles.